The molecule has 2 aromatic rings. The van der Waals surface area contributed by atoms with Crippen molar-refractivity contribution in [1.82, 2.24) is 4.72 Å². The summed E-state index contributed by atoms with van der Waals surface area (Å²) in [5.41, 5.74) is 6.26. The monoisotopic (exact) mass is 367 g/mol. The molecule has 0 saturated carbocycles. The lowest BCUT2D eigenvalue weighted by atomic mass is 10.2. The maximum atomic E-state index is 12.2. The van der Waals surface area contributed by atoms with Crippen molar-refractivity contribution < 1.29 is 13.2 Å². The van der Waals surface area contributed by atoms with Crippen LogP contribution < -0.4 is 15.4 Å². The van der Waals surface area contributed by atoms with Gasteiger partial charge in [0.1, 0.15) is 0 Å². The standard InChI is InChI=1S/C16H21N3O3S2/c1-2-19(13-7-4-3-5-8-13)10-6-9-18-24(21,22)14-11-15(16(17)20)23-12-14/h3-5,7-8,11-12,18H,2,6,9-10H2,1H3,(H2,17,20). The number of anilines is 1. The highest BCUT2D eigenvalue weighted by atomic mass is 32.2. The smallest absolute Gasteiger partial charge is 0.258 e. The Morgan fingerprint density at radius 3 is 2.58 bits per heavy atom. The molecule has 0 bridgehead atoms. The molecule has 0 aliphatic rings. The fourth-order valence-corrected chi connectivity index (χ4v) is 4.46. The van der Waals surface area contributed by atoms with E-state index in [-0.39, 0.29) is 9.77 Å². The van der Waals surface area contributed by atoms with Crippen LogP contribution in [0.2, 0.25) is 0 Å². The number of carbonyl (C=O) groups excluding carboxylic acids is 1. The van der Waals surface area contributed by atoms with Crippen LogP contribution in [0, 0.1) is 0 Å². The molecule has 0 spiro atoms. The predicted molar refractivity (Wildman–Crippen MR) is 97.0 cm³/mol. The van der Waals surface area contributed by atoms with E-state index in [1.165, 1.54) is 11.4 Å². The molecule has 8 heteroatoms. The van der Waals surface area contributed by atoms with Crippen LogP contribution in [0.3, 0.4) is 0 Å². The Morgan fingerprint density at radius 1 is 1.29 bits per heavy atom. The molecule has 0 saturated heterocycles. The third kappa shape index (κ3) is 4.80. The van der Waals surface area contributed by atoms with Crippen molar-refractivity contribution in [2.45, 2.75) is 18.2 Å². The van der Waals surface area contributed by atoms with Crippen LogP contribution in [0.15, 0.2) is 46.7 Å². The van der Waals surface area contributed by atoms with Crippen LogP contribution in [0.1, 0.15) is 23.0 Å². The average Bonchev–Trinajstić information content (AvgIpc) is 3.07. The van der Waals surface area contributed by atoms with E-state index < -0.39 is 15.9 Å². The van der Waals surface area contributed by atoms with Crippen molar-refractivity contribution in [3.63, 3.8) is 0 Å². The third-order valence-electron chi connectivity index (χ3n) is 3.53. The molecule has 1 heterocycles. The number of carbonyl (C=O) groups is 1. The number of thiophene rings is 1. The molecule has 130 valence electrons. The number of primary amides is 1. The molecule has 0 radical (unpaired) electrons. The fraction of sp³-hybridized carbons (Fsp3) is 0.312. The summed E-state index contributed by atoms with van der Waals surface area (Å²) >= 11 is 1.03. The summed E-state index contributed by atoms with van der Waals surface area (Å²) in [5.74, 6) is -0.622. The van der Waals surface area contributed by atoms with Gasteiger partial charge < -0.3 is 10.6 Å². The number of benzene rings is 1. The second-order valence-electron chi connectivity index (χ2n) is 5.18. The average molecular weight is 367 g/mol. The zero-order chi connectivity index (χ0) is 17.6. The van der Waals surface area contributed by atoms with Gasteiger partial charge in [0, 0.05) is 30.7 Å². The van der Waals surface area contributed by atoms with Crippen molar-refractivity contribution in [2.75, 3.05) is 24.5 Å². The van der Waals surface area contributed by atoms with Crippen LogP contribution in [0.5, 0.6) is 0 Å². The molecule has 0 fully saturated rings. The number of hydrogen-bond acceptors (Lipinski definition) is 5. The highest BCUT2D eigenvalue weighted by Gasteiger charge is 2.17. The van der Waals surface area contributed by atoms with Crippen LogP contribution in [-0.2, 0) is 10.0 Å². The van der Waals surface area contributed by atoms with Gasteiger partial charge in [0.05, 0.1) is 9.77 Å². The Morgan fingerprint density at radius 2 is 2.00 bits per heavy atom. The van der Waals surface area contributed by atoms with Crippen LogP contribution >= 0.6 is 11.3 Å². The summed E-state index contributed by atoms with van der Waals surface area (Å²) in [4.78, 5) is 13.6. The Hall–Kier alpha value is -1.90. The second kappa shape index (κ2) is 8.27. The topological polar surface area (TPSA) is 92.5 Å². The largest absolute Gasteiger partial charge is 0.372 e. The van der Waals surface area contributed by atoms with E-state index in [2.05, 4.69) is 16.5 Å². The van der Waals surface area contributed by atoms with E-state index in [4.69, 9.17) is 5.73 Å². The molecule has 1 aromatic heterocycles. The first-order chi connectivity index (χ1) is 11.4. The zero-order valence-electron chi connectivity index (χ0n) is 13.4. The van der Waals surface area contributed by atoms with Gasteiger partial charge in [-0.1, -0.05) is 18.2 Å². The van der Waals surface area contributed by atoms with E-state index in [1.54, 1.807) is 0 Å². The number of para-hydroxylation sites is 1. The lowest BCUT2D eigenvalue weighted by molar-refractivity contribution is 0.100. The molecule has 0 atom stereocenters. The van der Waals surface area contributed by atoms with Crippen LogP contribution in [0.25, 0.3) is 0 Å². The van der Waals surface area contributed by atoms with Gasteiger partial charge in [-0.15, -0.1) is 11.3 Å². The SMILES string of the molecule is CCN(CCCNS(=O)(=O)c1csc(C(N)=O)c1)c1ccccc1. The molecule has 3 N–H and O–H groups in total. The minimum Gasteiger partial charge on any atom is -0.372 e. The Labute approximate surface area is 146 Å². The summed E-state index contributed by atoms with van der Waals surface area (Å²) in [5, 5.41) is 1.42. The highest BCUT2D eigenvalue weighted by Crippen LogP contribution is 2.18. The van der Waals surface area contributed by atoms with Gasteiger partial charge in [-0.3, -0.25) is 4.79 Å². The number of rotatable bonds is 9. The van der Waals surface area contributed by atoms with Gasteiger partial charge in [0.15, 0.2) is 0 Å². The lowest BCUT2D eigenvalue weighted by Crippen LogP contribution is -2.29. The van der Waals surface area contributed by atoms with E-state index in [0.717, 1.165) is 30.1 Å². The van der Waals surface area contributed by atoms with Gasteiger partial charge >= 0.3 is 0 Å². The highest BCUT2D eigenvalue weighted by molar-refractivity contribution is 7.89. The van der Waals surface area contributed by atoms with Gasteiger partial charge in [-0.2, -0.15) is 0 Å². The Bertz CT molecular complexity index is 773. The molecule has 0 aliphatic heterocycles. The summed E-state index contributed by atoms with van der Waals surface area (Å²) in [6.07, 6.45) is 0.675. The number of nitrogens with two attached hydrogens (primary N) is 1. The minimum absolute atomic E-state index is 0.0803. The first kappa shape index (κ1) is 18.4. The van der Waals surface area contributed by atoms with Crippen LogP contribution in [0.4, 0.5) is 5.69 Å². The van der Waals surface area contributed by atoms with Crippen molar-refractivity contribution in [3.05, 3.63) is 46.7 Å². The molecule has 1 aromatic carbocycles. The first-order valence-corrected chi connectivity index (χ1v) is 9.98. The maximum Gasteiger partial charge on any atom is 0.258 e. The fourth-order valence-electron chi connectivity index (χ4n) is 2.26. The van der Waals surface area contributed by atoms with Gasteiger partial charge in [0.2, 0.25) is 10.0 Å². The van der Waals surface area contributed by atoms with Gasteiger partial charge in [-0.05, 0) is 31.5 Å². The van der Waals surface area contributed by atoms with Gasteiger partial charge in [0.25, 0.3) is 5.91 Å². The summed E-state index contributed by atoms with van der Waals surface area (Å²) in [6.45, 7) is 3.99. The molecule has 6 nitrogen and oxygen atoms in total. The van der Waals surface area contributed by atoms with Crippen molar-refractivity contribution in [1.29, 1.82) is 0 Å². The van der Waals surface area contributed by atoms with E-state index in [0.29, 0.717) is 13.0 Å². The van der Waals surface area contributed by atoms with Gasteiger partial charge in [-0.25, -0.2) is 13.1 Å². The van der Waals surface area contributed by atoms with Crippen LogP contribution in [-0.4, -0.2) is 34.0 Å². The molecular weight excluding hydrogens is 346 g/mol. The zero-order valence-corrected chi connectivity index (χ0v) is 15.1. The number of sulfonamides is 1. The normalized spacial score (nSPS) is 11.4. The molecule has 2 rings (SSSR count). The molecular formula is C16H21N3O3S2. The van der Waals surface area contributed by atoms with Crippen molar-refractivity contribution in [2.24, 2.45) is 5.73 Å². The number of amides is 1. The number of nitrogens with zero attached hydrogens (tertiary/aromatic N) is 1. The minimum atomic E-state index is -3.61. The third-order valence-corrected chi connectivity index (χ3v) is 6.06. The molecule has 1 amide bonds. The summed E-state index contributed by atoms with van der Waals surface area (Å²) in [7, 11) is -3.61. The molecule has 24 heavy (non-hydrogen) atoms. The second-order valence-corrected chi connectivity index (χ2v) is 7.86. The van der Waals surface area contributed by atoms with Crippen molar-refractivity contribution >= 4 is 33.0 Å². The molecule has 0 unspecified atom stereocenters. The predicted octanol–water partition coefficient (Wildman–Crippen LogP) is 2.04. The maximum absolute atomic E-state index is 12.2. The lowest BCUT2D eigenvalue weighted by Gasteiger charge is -2.23. The van der Waals surface area contributed by atoms with Crippen molar-refractivity contribution in [3.8, 4) is 0 Å². The Kier molecular flexibility index (Phi) is 6.36. The number of nitrogens with one attached hydrogen (secondary N) is 1. The summed E-state index contributed by atoms with van der Waals surface area (Å²) < 4.78 is 26.9. The van der Waals surface area contributed by atoms with E-state index >= 15 is 0 Å². The van der Waals surface area contributed by atoms with E-state index in [9.17, 15) is 13.2 Å². The Balaban J connectivity index is 1.87. The summed E-state index contributed by atoms with van der Waals surface area (Å²) in [6, 6.07) is 11.3. The number of hydrogen-bond donors (Lipinski definition) is 2. The first-order valence-electron chi connectivity index (χ1n) is 7.62. The van der Waals surface area contributed by atoms with E-state index in [1.807, 2.05) is 30.3 Å². The quantitative estimate of drug-likeness (QED) is 0.664. The molecule has 0 aliphatic carbocycles.